The lowest BCUT2D eigenvalue weighted by Gasteiger charge is -1.99. The molecule has 4 heteroatoms. The maximum absolute atomic E-state index is 11.3. The minimum atomic E-state index is -0.340. The van der Waals surface area contributed by atoms with Crippen molar-refractivity contribution in [2.75, 3.05) is 6.54 Å². The molecule has 0 unspecified atom stereocenters. The summed E-state index contributed by atoms with van der Waals surface area (Å²) in [6.45, 7) is 0.167. The number of nitrogens with one attached hydrogen (secondary N) is 1. The molecule has 14 heavy (non-hydrogen) atoms. The van der Waals surface area contributed by atoms with E-state index in [1.165, 1.54) is 18.3 Å². The lowest BCUT2D eigenvalue weighted by Crippen LogP contribution is -2.24. The zero-order valence-electron chi connectivity index (χ0n) is 7.32. The van der Waals surface area contributed by atoms with E-state index in [0.717, 1.165) is 0 Å². The number of hydrogen-bond donors (Lipinski definition) is 1. The first-order chi connectivity index (χ1) is 6.77. The molecule has 0 aliphatic heterocycles. The van der Waals surface area contributed by atoms with Crippen LogP contribution < -0.4 is 5.32 Å². The number of carbonyl (C=O) groups excluding carboxylic acids is 1. The van der Waals surface area contributed by atoms with Crippen molar-refractivity contribution in [2.24, 2.45) is 0 Å². The van der Waals surface area contributed by atoms with Crippen LogP contribution in [0.1, 0.15) is 16.1 Å². The van der Waals surface area contributed by atoms with Crippen molar-refractivity contribution < 1.29 is 4.79 Å². The molecule has 1 heterocycles. The van der Waals surface area contributed by atoms with Gasteiger partial charge in [-0.25, -0.2) is 4.98 Å². The molecule has 0 saturated carbocycles. The number of terminal acetylenes is 1. The fraction of sp³-hybridized carbons (Fsp3) is 0.100. The highest BCUT2D eigenvalue weighted by Gasteiger charge is 2.04. The summed E-state index contributed by atoms with van der Waals surface area (Å²) in [5.74, 6) is 1.94. The van der Waals surface area contributed by atoms with Gasteiger partial charge in [-0.1, -0.05) is 5.92 Å². The van der Waals surface area contributed by atoms with E-state index in [4.69, 9.17) is 11.7 Å². The Kier molecular flexibility index (Phi) is 3.23. The minimum absolute atomic E-state index is 0.167. The third-order valence-corrected chi connectivity index (χ3v) is 1.48. The van der Waals surface area contributed by atoms with Gasteiger partial charge >= 0.3 is 0 Å². The van der Waals surface area contributed by atoms with Gasteiger partial charge < -0.3 is 5.32 Å². The second-order valence-corrected chi connectivity index (χ2v) is 2.43. The second-order valence-electron chi connectivity index (χ2n) is 2.43. The van der Waals surface area contributed by atoms with E-state index in [2.05, 4.69) is 16.2 Å². The highest BCUT2D eigenvalue weighted by molar-refractivity contribution is 5.92. The molecule has 68 valence electrons. The topological polar surface area (TPSA) is 65.8 Å². The highest BCUT2D eigenvalue weighted by Crippen LogP contribution is 1.98. The number of aromatic nitrogens is 1. The molecule has 0 radical (unpaired) electrons. The quantitative estimate of drug-likeness (QED) is 0.674. The second kappa shape index (κ2) is 4.64. The zero-order chi connectivity index (χ0) is 10.4. The fourth-order valence-electron chi connectivity index (χ4n) is 0.816. The molecule has 1 amide bonds. The van der Waals surface area contributed by atoms with Crippen LogP contribution in [0.2, 0.25) is 0 Å². The van der Waals surface area contributed by atoms with Crippen LogP contribution in [0, 0.1) is 23.7 Å². The van der Waals surface area contributed by atoms with Crippen LogP contribution in [0.3, 0.4) is 0 Å². The Morgan fingerprint density at radius 1 is 1.64 bits per heavy atom. The van der Waals surface area contributed by atoms with Crippen molar-refractivity contribution in [1.82, 2.24) is 10.3 Å². The van der Waals surface area contributed by atoms with Gasteiger partial charge in [0.2, 0.25) is 0 Å². The number of nitriles is 1. The number of carbonyl (C=O) groups is 1. The number of hydrogen-bond acceptors (Lipinski definition) is 3. The first-order valence-electron chi connectivity index (χ1n) is 3.85. The largest absolute Gasteiger partial charge is 0.340 e. The van der Waals surface area contributed by atoms with Crippen LogP contribution in [-0.4, -0.2) is 17.4 Å². The van der Waals surface area contributed by atoms with E-state index in [1.54, 1.807) is 0 Å². The summed E-state index contributed by atoms with van der Waals surface area (Å²) in [5, 5.41) is 11.0. The summed E-state index contributed by atoms with van der Waals surface area (Å²) in [4.78, 5) is 15.1. The standard InChI is InChI=1S/C10H7N3O/c1-2-5-12-10(14)9-4-3-8(6-11)7-13-9/h1,3-4,7H,5H2,(H,12,14). The first-order valence-corrected chi connectivity index (χ1v) is 3.85. The maximum atomic E-state index is 11.3. The Labute approximate surface area is 81.6 Å². The van der Waals surface area contributed by atoms with E-state index in [0.29, 0.717) is 5.56 Å². The number of amides is 1. The van der Waals surface area contributed by atoms with Gasteiger partial charge in [0.1, 0.15) is 11.8 Å². The summed E-state index contributed by atoms with van der Waals surface area (Å²) in [6, 6.07) is 4.91. The molecular weight excluding hydrogens is 178 g/mol. The van der Waals surface area contributed by atoms with Crippen LogP contribution in [-0.2, 0) is 0 Å². The summed E-state index contributed by atoms with van der Waals surface area (Å²) in [6.07, 6.45) is 6.31. The van der Waals surface area contributed by atoms with Crippen LogP contribution >= 0.6 is 0 Å². The van der Waals surface area contributed by atoms with Gasteiger partial charge in [-0.05, 0) is 12.1 Å². The third kappa shape index (κ3) is 2.33. The van der Waals surface area contributed by atoms with E-state index in [1.807, 2.05) is 6.07 Å². The first kappa shape index (κ1) is 9.76. The summed E-state index contributed by atoms with van der Waals surface area (Å²) >= 11 is 0. The Morgan fingerprint density at radius 2 is 2.43 bits per heavy atom. The predicted octanol–water partition coefficient (Wildman–Crippen LogP) is 0.316. The lowest BCUT2D eigenvalue weighted by atomic mass is 10.2. The Morgan fingerprint density at radius 3 is 2.93 bits per heavy atom. The minimum Gasteiger partial charge on any atom is -0.340 e. The molecule has 1 N–H and O–H groups in total. The molecule has 0 saturated heterocycles. The number of rotatable bonds is 2. The maximum Gasteiger partial charge on any atom is 0.270 e. The molecule has 0 aliphatic rings. The molecule has 0 spiro atoms. The Hall–Kier alpha value is -2.33. The molecule has 0 aromatic carbocycles. The van der Waals surface area contributed by atoms with Crippen LogP contribution in [0.15, 0.2) is 18.3 Å². The van der Waals surface area contributed by atoms with Crippen LogP contribution in [0.25, 0.3) is 0 Å². The Balaban J connectivity index is 2.74. The van der Waals surface area contributed by atoms with E-state index in [-0.39, 0.29) is 18.1 Å². The van der Waals surface area contributed by atoms with Crippen molar-refractivity contribution in [3.63, 3.8) is 0 Å². The molecule has 0 atom stereocenters. The van der Waals surface area contributed by atoms with Crippen molar-refractivity contribution in [3.8, 4) is 18.4 Å². The average Bonchev–Trinajstić information content (AvgIpc) is 2.26. The van der Waals surface area contributed by atoms with Gasteiger partial charge in [-0.2, -0.15) is 5.26 Å². The van der Waals surface area contributed by atoms with Gasteiger partial charge in [0.15, 0.2) is 0 Å². The van der Waals surface area contributed by atoms with Crippen molar-refractivity contribution in [2.45, 2.75) is 0 Å². The van der Waals surface area contributed by atoms with Gasteiger partial charge in [-0.15, -0.1) is 6.42 Å². The van der Waals surface area contributed by atoms with E-state index >= 15 is 0 Å². The van der Waals surface area contributed by atoms with Gasteiger partial charge in [0.25, 0.3) is 5.91 Å². The van der Waals surface area contributed by atoms with E-state index in [9.17, 15) is 4.79 Å². The normalized spacial score (nSPS) is 8.43. The monoisotopic (exact) mass is 185 g/mol. The van der Waals surface area contributed by atoms with Crippen molar-refractivity contribution >= 4 is 5.91 Å². The molecule has 4 nitrogen and oxygen atoms in total. The zero-order valence-corrected chi connectivity index (χ0v) is 7.32. The molecule has 1 aromatic heterocycles. The predicted molar refractivity (Wildman–Crippen MR) is 50.1 cm³/mol. The summed E-state index contributed by atoms with van der Waals surface area (Å²) in [7, 11) is 0. The van der Waals surface area contributed by atoms with Gasteiger partial charge in [-0.3, -0.25) is 4.79 Å². The Bertz CT molecular complexity index is 408. The molecule has 0 bridgehead atoms. The average molecular weight is 185 g/mol. The van der Waals surface area contributed by atoms with Gasteiger partial charge in [0, 0.05) is 6.20 Å². The SMILES string of the molecule is C#CCNC(=O)c1ccc(C#N)cn1. The van der Waals surface area contributed by atoms with Crippen molar-refractivity contribution in [3.05, 3.63) is 29.6 Å². The molecule has 1 rings (SSSR count). The van der Waals surface area contributed by atoms with Crippen molar-refractivity contribution in [1.29, 1.82) is 5.26 Å². The lowest BCUT2D eigenvalue weighted by molar-refractivity contribution is 0.0954. The molecule has 0 aliphatic carbocycles. The van der Waals surface area contributed by atoms with Gasteiger partial charge in [0.05, 0.1) is 12.1 Å². The molecular formula is C10H7N3O. The number of pyridine rings is 1. The van der Waals surface area contributed by atoms with Crippen LogP contribution in [0.5, 0.6) is 0 Å². The van der Waals surface area contributed by atoms with Crippen LogP contribution in [0.4, 0.5) is 0 Å². The highest BCUT2D eigenvalue weighted by atomic mass is 16.1. The molecule has 1 aromatic rings. The molecule has 0 fully saturated rings. The smallest absolute Gasteiger partial charge is 0.270 e. The third-order valence-electron chi connectivity index (χ3n) is 1.48. The van der Waals surface area contributed by atoms with E-state index < -0.39 is 0 Å². The summed E-state index contributed by atoms with van der Waals surface area (Å²) in [5.41, 5.74) is 0.665. The fourth-order valence-corrected chi connectivity index (χ4v) is 0.816. The summed E-state index contributed by atoms with van der Waals surface area (Å²) < 4.78 is 0. The number of nitrogens with zero attached hydrogens (tertiary/aromatic N) is 2.